The van der Waals surface area contributed by atoms with Crippen molar-refractivity contribution in [3.63, 3.8) is 0 Å². The number of amides is 1. The Morgan fingerprint density at radius 2 is 2.00 bits per heavy atom. The van der Waals surface area contributed by atoms with E-state index in [1.54, 1.807) is 16.8 Å². The highest BCUT2D eigenvalue weighted by molar-refractivity contribution is 7.99. The van der Waals surface area contributed by atoms with E-state index in [9.17, 15) is 4.79 Å². The number of aromatic nitrogens is 4. The molecule has 0 spiro atoms. The summed E-state index contributed by atoms with van der Waals surface area (Å²) < 4.78 is 7.50. The molecule has 39 heavy (non-hydrogen) atoms. The van der Waals surface area contributed by atoms with Gasteiger partial charge >= 0.3 is 0 Å². The number of thioether (sulfide) groups is 1. The van der Waals surface area contributed by atoms with Crippen LogP contribution in [0.4, 0.5) is 5.69 Å². The number of hydrogen-bond acceptors (Lipinski definition) is 7. The van der Waals surface area contributed by atoms with Gasteiger partial charge in [-0.2, -0.15) is 4.68 Å². The van der Waals surface area contributed by atoms with Gasteiger partial charge in [0, 0.05) is 12.1 Å². The van der Waals surface area contributed by atoms with Gasteiger partial charge in [-0.15, -0.1) is 5.10 Å². The van der Waals surface area contributed by atoms with E-state index in [1.165, 1.54) is 36.6 Å². The Kier molecular flexibility index (Phi) is 8.79. The second-order valence-electron chi connectivity index (χ2n) is 10.2. The Morgan fingerprint density at radius 3 is 2.69 bits per heavy atom. The van der Waals surface area contributed by atoms with Crippen LogP contribution in [0.2, 0.25) is 10.0 Å². The summed E-state index contributed by atoms with van der Waals surface area (Å²) in [5, 5.41) is 16.2. The van der Waals surface area contributed by atoms with Crippen molar-refractivity contribution >= 4 is 46.6 Å². The number of likely N-dealkylation sites (tertiary alicyclic amines) is 1. The monoisotopic (exact) mass is 584 g/mol. The number of rotatable bonds is 10. The molecule has 0 unspecified atom stereocenters. The number of anilines is 1. The minimum atomic E-state index is -0.569. The Balaban J connectivity index is 1.14. The van der Waals surface area contributed by atoms with Crippen LogP contribution in [0, 0.1) is 11.8 Å². The summed E-state index contributed by atoms with van der Waals surface area (Å²) in [5.74, 6) is 6.76. The van der Waals surface area contributed by atoms with Crippen molar-refractivity contribution < 1.29 is 9.53 Å². The summed E-state index contributed by atoms with van der Waals surface area (Å²) in [6.45, 7) is 7.79. The van der Waals surface area contributed by atoms with Gasteiger partial charge in [0.25, 0.3) is 0 Å². The Morgan fingerprint density at radius 1 is 1.18 bits per heavy atom. The van der Waals surface area contributed by atoms with Crippen LogP contribution < -0.4 is 5.32 Å². The molecule has 2 fully saturated rings. The third kappa shape index (κ3) is 7.53. The van der Waals surface area contributed by atoms with Crippen molar-refractivity contribution in [2.24, 2.45) is 0 Å². The maximum atomic E-state index is 12.7. The van der Waals surface area contributed by atoms with E-state index >= 15 is 0 Å². The van der Waals surface area contributed by atoms with Gasteiger partial charge in [-0.1, -0.05) is 52.9 Å². The second-order valence-corrected chi connectivity index (χ2v) is 12.0. The lowest BCUT2D eigenvalue weighted by molar-refractivity contribution is -0.113. The minimum absolute atomic E-state index is 0.0962. The summed E-state index contributed by atoms with van der Waals surface area (Å²) >= 11 is 14.2. The molecule has 1 saturated carbocycles. The molecule has 2 aromatic carbocycles. The van der Waals surface area contributed by atoms with Crippen LogP contribution in [-0.2, 0) is 9.53 Å². The first kappa shape index (κ1) is 27.9. The highest BCUT2D eigenvalue weighted by Crippen LogP contribution is 2.41. The zero-order valence-corrected chi connectivity index (χ0v) is 24.2. The molecule has 11 heteroatoms. The van der Waals surface area contributed by atoms with Crippen LogP contribution in [0.5, 0.6) is 0 Å². The number of nitrogens with one attached hydrogen (secondary N) is 1. The molecule has 1 aliphatic heterocycles. The first-order valence-electron chi connectivity index (χ1n) is 13.0. The zero-order chi connectivity index (χ0) is 27.4. The topological polar surface area (TPSA) is 85.2 Å². The average molecular weight is 586 g/mol. The van der Waals surface area contributed by atoms with Gasteiger partial charge in [0.1, 0.15) is 5.60 Å². The number of carbonyl (C=O) groups is 1. The van der Waals surface area contributed by atoms with Crippen LogP contribution >= 0.6 is 35.0 Å². The van der Waals surface area contributed by atoms with E-state index in [2.05, 4.69) is 43.6 Å². The van der Waals surface area contributed by atoms with Gasteiger partial charge in [0.2, 0.25) is 11.1 Å². The van der Waals surface area contributed by atoms with Crippen molar-refractivity contribution in [1.82, 2.24) is 25.1 Å². The van der Waals surface area contributed by atoms with Gasteiger partial charge in [0.15, 0.2) is 0 Å². The molecule has 0 radical (unpaired) electrons. The summed E-state index contributed by atoms with van der Waals surface area (Å²) in [5.41, 5.74) is 2.60. The lowest BCUT2D eigenvalue weighted by Gasteiger charge is -2.31. The molecule has 1 aromatic heterocycles. The molecule has 1 N–H and O–H groups in total. The van der Waals surface area contributed by atoms with E-state index in [1.807, 2.05) is 32.0 Å². The van der Waals surface area contributed by atoms with E-state index < -0.39 is 5.60 Å². The molecule has 1 aliphatic carbocycles. The number of benzene rings is 2. The molecular weight excluding hydrogens is 555 g/mol. The van der Waals surface area contributed by atoms with E-state index in [4.69, 9.17) is 27.9 Å². The molecule has 0 bridgehead atoms. The molecule has 8 nitrogen and oxygen atoms in total. The van der Waals surface area contributed by atoms with Crippen molar-refractivity contribution in [2.75, 3.05) is 37.3 Å². The molecule has 2 aliphatic rings. The largest absolute Gasteiger partial charge is 0.362 e. The predicted octanol–water partition coefficient (Wildman–Crippen LogP) is 5.43. The van der Waals surface area contributed by atoms with Crippen molar-refractivity contribution in [3.05, 3.63) is 57.6 Å². The third-order valence-corrected chi connectivity index (χ3v) is 8.13. The SMILES string of the molecule is CC(C)(C#Cc1ccc(NC(=O)CSc2nnnn2-c2ccc(C3CC3)cc2Cl)c(Cl)c1)OCCN1CCC1. The molecule has 0 atom stereocenters. The Hall–Kier alpha value is -2.61. The number of ether oxygens (including phenoxy) is 1. The fourth-order valence-corrected chi connectivity index (χ4v) is 5.27. The molecular formula is C28H30Cl2N6O2S. The number of tetrazole rings is 1. The van der Waals surface area contributed by atoms with Gasteiger partial charge in [0.05, 0.1) is 33.8 Å². The Labute approximate surface area is 242 Å². The van der Waals surface area contributed by atoms with Gasteiger partial charge in [-0.3, -0.25) is 4.79 Å². The fraction of sp³-hybridized carbons (Fsp3) is 0.429. The fourth-order valence-electron chi connectivity index (χ4n) is 4.09. The molecule has 1 amide bonds. The highest BCUT2D eigenvalue weighted by atomic mass is 35.5. The first-order chi connectivity index (χ1) is 18.8. The van der Waals surface area contributed by atoms with Crippen LogP contribution in [0.3, 0.4) is 0 Å². The average Bonchev–Trinajstić information content (AvgIpc) is 3.63. The summed E-state index contributed by atoms with van der Waals surface area (Å²) in [7, 11) is 0. The van der Waals surface area contributed by atoms with Crippen molar-refractivity contribution in [1.29, 1.82) is 0 Å². The number of hydrogen-bond donors (Lipinski definition) is 1. The normalized spacial score (nSPS) is 15.4. The third-order valence-electron chi connectivity index (χ3n) is 6.59. The summed E-state index contributed by atoms with van der Waals surface area (Å²) in [6, 6.07) is 11.3. The molecule has 2 heterocycles. The van der Waals surface area contributed by atoms with Crippen molar-refractivity contribution in [3.8, 4) is 17.5 Å². The molecule has 3 aromatic rings. The smallest absolute Gasteiger partial charge is 0.234 e. The first-order valence-corrected chi connectivity index (χ1v) is 14.7. The van der Waals surface area contributed by atoms with Crippen molar-refractivity contribution in [2.45, 2.75) is 49.8 Å². The molecule has 1 saturated heterocycles. The minimum Gasteiger partial charge on any atom is -0.362 e. The molecule has 204 valence electrons. The quantitative estimate of drug-likeness (QED) is 0.251. The standard InChI is InChI=1S/C28H30Cl2N6O2S/c1-28(2,38-15-14-35-12-3-13-35)11-10-19-4-8-24(22(29)16-19)31-26(37)18-39-27-32-33-34-36(27)25-9-7-21(17-23(25)30)20-5-6-20/h4,7-9,16-17,20H,3,5-6,12-15,18H2,1-2H3,(H,31,37). The second kappa shape index (κ2) is 12.3. The summed E-state index contributed by atoms with van der Waals surface area (Å²) in [4.78, 5) is 15.0. The van der Waals surface area contributed by atoms with E-state index in [0.717, 1.165) is 25.2 Å². The summed E-state index contributed by atoms with van der Waals surface area (Å²) in [6.07, 6.45) is 3.66. The Bertz CT molecular complexity index is 1410. The molecule has 5 rings (SSSR count). The number of carbonyl (C=O) groups excluding carboxylic acids is 1. The van der Waals surface area contributed by atoms with Crippen LogP contribution in [0.1, 0.15) is 50.2 Å². The zero-order valence-electron chi connectivity index (χ0n) is 21.9. The van der Waals surface area contributed by atoms with E-state index in [-0.39, 0.29) is 11.7 Å². The van der Waals surface area contributed by atoms with Crippen LogP contribution in [-0.4, -0.2) is 68.6 Å². The highest BCUT2D eigenvalue weighted by Gasteiger charge is 2.25. The van der Waals surface area contributed by atoms with E-state index in [0.29, 0.717) is 39.1 Å². The lowest BCUT2D eigenvalue weighted by atomic mass is 10.1. The maximum Gasteiger partial charge on any atom is 0.234 e. The number of nitrogens with zero attached hydrogens (tertiary/aromatic N) is 5. The lowest BCUT2D eigenvalue weighted by Crippen LogP contribution is -2.40. The van der Waals surface area contributed by atoms with Gasteiger partial charge < -0.3 is 15.0 Å². The predicted molar refractivity (Wildman–Crippen MR) is 155 cm³/mol. The van der Waals surface area contributed by atoms with Crippen LogP contribution in [0.15, 0.2) is 41.6 Å². The van der Waals surface area contributed by atoms with Crippen LogP contribution in [0.25, 0.3) is 5.69 Å². The van der Waals surface area contributed by atoms with Gasteiger partial charge in [-0.05, 0) is 98.4 Å². The maximum absolute atomic E-state index is 12.7. The van der Waals surface area contributed by atoms with Gasteiger partial charge in [-0.25, -0.2) is 0 Å². The number of halogens is 2.